The number of piperidine rings is 1. The molecule has 1 saturated heterocycles. The van der Waals surface area contributed by atoms with E-state index in [4.69, 9.17) is 4.74 Å². The van der Waals surface area contributed by atoms with E-state index in [1.807, 2.05) is 19.9 Å². The van der Waals surface area contributed by atoms with Gasteiger partial charge >= 0.3 is 6.09 Å². The Hall–Kier alpha value is -2.83. The van der Waals surface area contributed by atoms with Gasteiger partial charge in [-0.05, 0) is 39.2 Å². The van der Waals surface area contributed by atoms with Crippen LogP contribution in [-0.2, 0) is 11.3 Å². The topological polar surface area (TPSA) is 79.4 Å². The molecule has 0 aliphatic carbocycles. The number of likely N-dealkylation sites (tertiary alicyclic amines) is 1. The molecule has 2 aromatic rings. The summed E-state index contributed by atoms with van der Waals surface area (Å²) >= 11 is 0. The largest absolute Gasteiger partial charge is 0.450 e. The Kier molecular flexibility index (Phi) is 6.68. The molecule has 0 saturated carbocycles. The van der Waals surface area contributed by atoms with Crippen molar-refractivity contribution in [3.05, 3.63) is 47.3 Å². The molecule has 1 aliphatic rings. The van der Waals surface area contributed by atoms with Crippen molar-refractivity contribution in [1.29, 1.82) is 0 Å². The van der Waals surface area contributed by atoms with E-state index in [1.165, 1.54) is 11.1 Å². The third kappa shape index (κ3) is 5.58. The molecule has 1 amide bonds. The van der Waals surface area contributed by atoms with Crippen LogP contribution in [0.2, 0.25) is 0 Å². The van der Waals surface area contributed by atoms with Crippen LogP contribution in [0.1, 0.15) is 36.7 Å². The highest BCUT2D eigenvalue weighted by Crippen LogP contribution is 2.18. The number of amides is 1. The third-order valence-corrected chi connectivity index (χ3v) is 4.77. The highest BCUT2D eigenvalue weighted by molar-refractivity contribution is 5.67. The molecule has 7 nitrogen and oxygen atoms in total. The number of nitrogens with zero attached hydrogens (tertiary/aromatic N) is 3. The molecule has 0 bridgehead atoms. The van der Waals surface area contributed by atoms with Crippen LogP contribution in [0, 0.1) is 13.8 Å². The van der Waals surface area contributed by atoms with E-state index >= 15 is 0 Å². The van der Waals surface area contributed by atoms with E-state index < -0.39 is 0 Å². The summed E-state index contributed by atoms with van der Waals surface area (Å²) in [5.74, 6) is 2.34. The Morgan fingerprint density at radius 1 is 1.18 bits per heavy atom. The second-order valence-corrected chi connectivity index (χ2v) is 7.13. The van der Waals surface area contributed by atoms with Gasteiger partial charge in [0.1, 0.15) is 17.5 Å². The molecule has 0 unspecified atom stereocenters. The van der Waals surface area contributed by atoms with Gasteiger partial charge in [-0.15, -0.1) is 0 Å². The fourth-order valence-corrected chi connectivity index (χ4v) is 3.38. The molecular formula is C21H29N5O2. The minimum atomic E-state index is -0.221. The summed E-state index contributed by atoms with van der Waals surface area (Å²) in [6.45, 7) is 8.33. The summed E-state index contributed by atoms with van der Waals surface area (Å²) in [5, 5.41) is 6.87. The molecule has 7 heteroatoms. The van der Waals surface area contributed by atoms with Crippen molar-refractivity contribution < 1.29 is 9.53 Å². The van der Waals surface area contributed by atoms with Crippen LogP contribution in [0.5, 0.6) is 0 Å². The van der Waals surface area contributed by atoms with Gasteiger partial charge < -0.3 is 20.3 Å². The van der Waals surface area contributed by atoms with Crippen molar-refractivity contribution in [3.8, 4) is 0 Å². The van der Waals surface area contributed by atoms with Gasteiger partial charge in [0.05, 0.1) is 6.61 Å². The summed E-state index contributed by atoms with van der Waals surface area (Å²) in [5.41, 5.74) is 2.46. The molecule has 1 aromatic heterocycles. The number of anilines is 2. The monoisotopic (exact) mass is 383 g/mol. The molecule has 2 N–H and O–H groups in total. The Morgan fingerprint density at radius 2 is 1.93 bits per heavy atom. The number of carbonyl (C=O) groups excluding carboxylic acids is 1. The van der Waals surface area contributed by atoms with Crippen molar-refractivity contribution in [1.82, 2.24) is 14.9 Å². The Labute approximate surface area is 166 Å². The SMILES string of the molecule is CCOC(=O)N1CCC(Nc2cc(NCc3cccc(C)c3)nc(C)n2)CC1. The summed E-state index contributed by atoms with van der Waals surface area (Å²) in [6, 6.07) is 10.6. The van der Waals surface area contributed by atoms with Crippen LogP contribution < -0.4 is 10.6 Å². The first-order valence-electron chi connectivity index (χ1n) is 9.87. The molecule has 1 aromatic carbocycles. The Bertz CT molecular complexity index is 803. The van der Waals surface area contributed by atoms with E-state index in [1.54, 1.807) is 4.90 Å². The van der Waals surface area contributed by atoms with Gasteiger partial charge in [0.2, 0.25) is 0 Å². The number of carbonyl (C=O) groups is 1. The molecule has 0 spiro atoms. The standard InChI is InChI=1S/C21H29N5O2/c1-4-28-21(27)26-10-8-18(9-11-26)25-20-13-19(23-16(3)24-20)22-14-17-7-5-6-15(2)12-17/h5-7,12-13,18H,4,8-11,14H2,1-3H3,(H2,22,23,24,25). The van der Waals surface area contributed by atoms with Crippen molar-refractivity contribution in [3.63, 3.8) is 0 Å². The van der Waals surface area contributed by atoms with E-state index in [0.29, 0.717) is 19.7 Å². The molecule has 28 heavy (non-hydrogen) atoms. The van der Waals surface area contributed by atoms with Crippen molar-refractivity contribution in [2.24, 2.45) is 0 Å². The number of ether oxygens (including phenoxy) is 1. The van der Waals surface area contributed by atoms with E-state index in [-0.39, 0.29) is 12.1 Å². The predicted octanol–water partition coefficient (Wildman–Crippen LogP) is 3.74. The van der Waals surface area contributed by atoms with E-state index in [9.17, 15) is 4.79 Å². The summed E-state index contributed by atoms with van der Waals surface area (Å²) in [7, 11) is 0. The normalized spacial score (nSPS) is 14.6. The van der Waals surface area contributed by atoms with Gasteiger partial charge in [-0.2, -0.15) is 0 Å². The van der Waals surface area contributed by atoms with Crippen LogP contribution in [-0.4, -0.2) is 46.7 Å². The third-order valence-electron chi connectivity index (χ3n) is 4.77. The average Bonchev–Trinajstić information content (AvgIpc) is 2.67. The number of aromatic nitrogens is 2. The minimum absolute atomic E-state index is 0.221. The van der Waals surface area contributed by atoms with Crippen LogP contribution in [0.4, 0.5) is 16.4 Å². The minimum Gasteiger partial charge on any atom is -0.450 e. The molecule has 0 radical (unpaired) electrons. The summed E-state index contributed by atoms with van der Waals surface area (Å²) in [4.78, 5) is 22.6. The lowest BCUT2D eigenvalue weighted by Crippen LogP contribution is -2.42. The zero-order valence-electron chi connectivity index (χ0n) is 16.9. The van der Waals surface area contributed by atoms with Gasteiger partial charge in [-0.25, -0.2) is 14.8 Å². The Morgan fingerprint density at radius 3 is 2.64 bits per heavy atom. The first-order chi connectivity index (χ1) is 13.5. The number of rotatable bonds is 6. The van der Waals surface area contributed by atoms with Gasteiger partial charge in [-0.3, -0.25) is 0 Å². The van der Waals surface area contributed by atoms with Crippen LogP contribution in [0.3, 0.4) is 0 Å². The highest BCUT2D eigenvalue weighted by Gasteiger charge is 2.23. The maximum absolute atomic E-state index is 11.8. The summed E-state index contributed by atoms with van der Waals surface area (Å²) in [6.07, 6.45) is 1.52. The zero-order valence-corrected chi connectivity index (χ0v) is 16.9. The first-order valence-corrected chi connectivity index (χ1v) is 9.87. The number of benzene rings is 1. The maximum atomic E-state index is 11.8. The van der Waals surface area contributed by atoms with Gasteiger partial charge in [0.15, 0.2) is 0 Å². The number of hydrogen-bond acceptors (Lipinski definition) is 6. The van der Waals surface area contributed by atoms with Crippen molar-refractivity contribution in [2.45, 2.75) is 46.2 Å². The second-order valence-electron chi connectivity index (χ2n) is 7.13. The van der Waals surface area contributed by atoms with Crippen LogP contribution in [0.15, 0.2) is 30.3 Å². The van der Waals surface area contributed by atoms with Gasteiger partial charge in [-0.1, -0.05) is 29.8 Å². The maximum Gasteiger partial charge on any atom is 0.409 e. The number of aryl methyl sites for hydroxylation is 2. The fraction of sp³-hybridized carbons (Fsp3) is 0.476. The predicted molar refractivity (Wildman–Crippen MR) is 111 cm³/mol. The molecule has 0 atom stereocenters. The lowest BCUT2D eigenvalue weighted by atomic mass is 10.1. The molecule has 3 rings (SSSR count). The number of hydrogen-bond donors (Lipinski definition) is 2. The molecule has 1 aliphatic heterocycles. The fourth-order valence-electron chi connectivity index (χ4n) is 3.38. The lowest BCUT2D eigenvalue weighted by molar-refractivity contribution is 0.0983. The van der Waals surface area contributed by atoms with Gasteiger partial charge in [0, 0.05) is 31.7 Å². The van der Waals surface area contributed by atoms with Crippen LogP contribution >= 0.6 is 0 Å². The van der Waals surface area contributed by atoms with E-state index in [0.717, 1.165) is 36.8 Å². The van der Waals surface area contributed by atoms with E-state index in [2.05, 4.69) is 51.8 Å². The van der Waals surface area contributed by atoms with Gasteiger partial charge in [0.25, 0.3) is 0 Å². The quantitative estimate of drug-likeness (QED) is 0.791. The van der Waals surface area contributed by atoms with Crippen molar-refractivity contribution in [2.75, 3.05) is 30.3 Å². The lowest BCUT2D eigenvalue weighted by Gasteiger charge is -2.31. The zero-order chi connectivity index (χ0) is 19.9. The summed E-state index contributed by atoms with van der Waals surface area (Å²) < 4.78 is 5.07. The average molecular weight is 383 g/mol. The highest BCUT2D eigenvalue weighted by atomic mass is 16.6. The van der Waals surface area contributed by atoms with Crippen molar-refractivity contribution >= 4 is 17.7 Å². The number of nitrogens with one attached hydrogen (secondary N) is 2. The molecule has 1 fully saturated rings. The van der Waals surface area contributed by atoms with Crippen LogP contribution in [0.25, 0.3) is 0 Å². The molecule has 2 heterocycles. The molecular weight excluding hydrogens is 354 g/mol. The smallest absolute Gasteiger partial charge is 0.409 e. The molecule has 150 valence electrons. The second kappa shape index (κ2) is 9.39. The first kappa shape index (κ1) is 19.9. The Balaban J connectivity index is 1.56.